The number of rotatable bonds is 2. The number of carbonyl (C=O) groups excluding carboxylic acids is 2. The minimum atomic E-state index is -0.500. The third-order valence-electron chi connectivity index (χ3n) is 4.93. The number of benzene rings is 1. The average molecular weight is 376 g/mol. The zero-order valence-corrected chi connectivity index (χ0v) is 16.4. The lowest BCUT2D eigenvalue weighted by Crippen LogP contribution is -2.53. The Kier molecular flexibility index (Phi) is 5.44. The molecule has 0 radical (unpaired) electrons. The predicted octanol–water partition coefficient (Wildman–Crippen LogP) is 2.51. The molecule has 1 N–H and O–H groups in total. The van der Waals surface area contributed by atoms with E-state index in [2.05, 4.69) is 5.32 Å². The summed E-state index contributed by atoms with van der Waals surface area (Å²) in [6.45, 7) is 7.94. The molecule has 2 aliphatic heterocycles. The molecular formula is C20H28N2O5. The van der Waals surface area contributed by atoms with Gasteiger partial charge in [-0.15, -0.1) is 0 Å². The molecule has 0 aromatic heterocycles. The van der Waals surface area contributed by atoms with Gasteiger partial charge in [-0.1, -0.05) is 12.1 Å². The molecule has 3 rings (SSSR count). The Morgan fingerprint density at radius 1 is 1.26 bits per heavy atom. The molecule has 1 aromatic carbocycles. The standard InChI is InChI=1S/C20H28N2O5/c1-19(2,3)27-18(24)22-10-9-20(13-22)12-21-16(11-26-20)14-5-7-15(8-6-14)17(23)25-4/h5-8,16,21H,9-13H2,1-4H3. The molecule has 0 aliphatic carbocycles. The van der Waals surface area contributed by atoms with Gasteiger partial charge in [-0.2, -0.15) is 0 Å². The van der Waals surface area contributed by atoms with Crippen LogP contribution in [0.3, 0.4) is 0 Å². The van der Waals surface area contributed by atoms with Crippen molar-refractivity contribution in [2.24, 2.45) is 0 Å². The number of ether oxygens (including phenoxy) is 3. The lowest BCUT2D eigenvalue weighted by molar-refractivity contribution is -0.0762. The van der Waals surface area contributed by atoms with Gasteiger partial charge < -0.3 is 24.4 Å². The minimum absolute atomic E-state index is 0.0536. The molecule has 2 saturated heterocycles. The van der Waals surface area contributed by atoms with Gasteiger partial charge in [0.2, 0.25) is 0 Å². The zero-order valence-electron chi connectivity index (χ0n) is 16.4. The van der Waals surface area contributed by atoms with Gasteiger partial charge >= 0.3 is 12.1 Å². The fraction of sp³-hybridized carbons (Fsp3) is 0.600. The number of hydrogen-bond acceptors (Lipinski definition) is 6. The maximum absolute atomic E-state index is 12.3. The number of esters is 1. The monoisotopic (exact) mass is 376 g/mol. The van der Waals surface area contributed by atoms with Crippen molar-refractivity contribution in [2.45, 2.75) is 44.4 Å². The normalized spacial score (nSPS) is 25.5. The fourth-order valence-electron chi connectivity index (χ4n) is 3.45. The smallest absolute Gasteiger partial charge is 0.410 e. The number of nitrogens with one attached hydrogen (secondary N) is 1. The molecule has 2 unspecified atom stereocenters. The first-order chi connectivity index (χ1) is 12.7. The highest BCUT2D eigenvalue weighted by Gasteiger charge is 2.44. The van der Waals surface area contributed by atoms with Crippen molar-refractivity contribution in [3.8, 4) is 0 Å². The molecular weight excluding hydrogens is 348 g/mol. The Morgan fingerprint density at radius 2 is 1.96 bits per heavy atom. The molecule has 0 bridgehead atoms. The number of amides is 1. The summed E-state index contributed by atoms with van der Waals surface area (Å²) in [6, 6.07) is 7.39. The summed E-state index contributed by atoms with van der Waals surface area (Å²) in [5.41, 5.74) is 0.719. The van der Waals surface area contributed by atoms with E-state index < -0.39 is 5.60 Å². The zero-order chi connectivity index (χ0) is 19.7. The van der Waals surface area contributed by atoms with Gasteiger partial charge in [0.25, 0.3) is 0 Å². The topological polar surface area (TPSA) is 77.1 Å². The fourth-order valence-corrected chi connectivity index (χ4v) is 3.45. The summed E-state index contributed by atoms with van der Waals surface area (Å²) in [6.07, 6.45) is 0.497. The second-order valence-electron chi connectivity index (χ2n) is 8.19. The highest BCUT2D eigenvalue weighted by atomic mass is 16.6. The van der Waals surface area contributed by atoms with Crippen molar-refractivity contribution in [2.75, 3.05) is 33.4 Å². The molecule has 1 spiro atoms. The second kappa shape index (κ2) is 7.48. The molecule has 27 heavy (non-hydrogen) atoms. The molecule has 7 heteroatoms. The lowest BCUT2D eigenvalue weighted by Gasteiger charge is -2.38. The number of nitrogens with zero attached hydrogens (tertiary/aromatic N) is 1. The van der Waals surface area contributed by atoms with E-state index in [0.29, 0.717) is 31.8 Å². The van der Waals surface area contributed by atoms with E-state index in [-0.39, 0.29) is 23.7 Å². The predicted molar refractivity (Wildman–Crippen MR) is 99.6 cm³/mol. The Balaban J connectivity index is 1.56. The summed E-state index contributed by atoms with van der Waals surface area (Å²) in [7, 11) is 1.37. The molecule has 2 heterocycles. The van der Waals surface area contributed by atoms with Crippen molar-refractivity contribution in [3.05, 3.63) is 35.4 Å². The second-order valence-corrected chi connectivity index (χ2v) is 8.19. The van der Waals surface area contributed by atoms with E-state index in [1.165, 1.54) is 7.11 Å². The molecule has 7 nitrogen and oxygen atoms in total. The van der Waals surface area contributed by atoms with E-state index in [4.69, 9.17) is 14.2 Å². The van der Waals surface area contributed by atoms with Gasteiger partial charge in [0, 0.05) is 13.1 Å². The van der Waals surface area contributed by atoms with E-state index >= 15 is 0 Å². The molecule has 148 valence electrons. The third-order valence-corrected chi connectivity index (χ3v) is 4.93. The Bertz CT molecular complexity index is 687. The quantitative estimate of drug-likeness (QED) is 0.800. The van der Waals surface area contributed by atoms with E-state index in [1.807, 2.05) is 32.9 Å². The summed E-state index contributed by atoms with van der Waals surface area (Å²) in [5.74, 6) is -0.346. The van der Waals surface area contributed by atoms with Gasteiger partial charge in [0.15, 0.2) is 0 Å². The summed E-state index contributed by atoms with van der Waals surface area (Å²) >= 11 is 0. The third kappa shape index (κ3) is 4.59. The van der Waals surface area contributed by atoms with Gasteiger partial charge in [-0.05, 0) is 44.9 Å². The SMILES string of the molecule is COC(=O)c1ccc(C2COC3(CCN(C(=O)OC(C)(C)C)C3)CN2)cc1. The van der Waals surface area contributed by atoms with Crippen molar-refractivity contribution in [3.63, 3.8) is 0 Å². The highest BCUT2D eigenvalue weighted by molar-refractivity contribution is 5.89. The lowest BCUT2D eigenvalue weighted by atomic mass is 9.97. The van der Waals surface area contributed by atoms with Crippen molar-refractivity contribution in [1.82, 2.24) is 10.2 Å². The Labute approximate surface area is 160 Å². The van der Waals surface area contributed by atoms with Crippen LogP contribution in [0.15, 0.2) is 24.3 Å². The molecule has 2 atom stereocenters. The number of likely N-dealkylation sites (tertiary alicyclic amines) is 1. The summed E-state index contributed by atoms with van der Waals surface area (Å²) in [5, 5.41) is 3.52. The summed E-state index contributed by atoms with van der Waals surface area (Å²) in [4.78, 5) is 25.5. The number of hydrogen-bond donors (Lipinski definition) is 1. The first-order valence-corrected chi connectivity index (χ1v) is 9.25. The average Bonchev–Trinajstić information content (AvgIpc) is 3.04. The van der Waals surface area contributed by atoms with Crippen molar-refractivity contribution >= 4 is 12.1 Å². The van der Waals surface area contributed by atoms with Crippen LogP contribution in [0.1, 0.15) is 49.2 Å². The maximum Gasteiger partial charge on any atom is 0.410 e. The molecule has 1 aromatic rings. The number of methoxy groups -OCH3 is 1. The first kappa shape index (κ1) is 19.6. The van der Waals surface area contributed by atoms with E-state index in [1.54, 1.807) is 17.0 Å². The van der Waals surface area contributed by atoms with Crippen LogP contribution in [-0.2, 0) is 14.2 Å². The Morgan fingerprint density at radius 3 is 2.52 bits per heavy atom. The van der Waals surface area contributed by atoms with Gasteiger partial charge in [0.1, 0.15) is 5.60 Å². The van der Waals surface area contributed by atoms with Crippen LogP contribution in [0.4, 0.5) is 4.79 Å². The van der Waals surface area contributed by atoms with Gasteiger partial charge in [-0.3, -0.25) is 0 Å². The van der Waals surface area contributed by atoms with Crippen LogP contribution in [-0.4, -0.2) is 61.5 Å². The van der Waals surface area contributed by atoms with Crippen molar-refractivity contribution in [1.29, 1.82) is 0 Å². The number of carbonyl (C=O) groups is 2. The van der Waals surface area contributed by atoms with Crippen LogP contribution >= 0.6 is 0 Å². The maximum atomic E-state index is 12.3. The van der Waals surface area contributed by atoms with Crippen LogP contribution in [0.5, 0.6) is 0 Å². The van der Waals surface area contributed by atoms with Gasteiger partial charge in [0.05, 0.1) is 37.5 Å². The highest BCUT2D eigenvalue weighted by Crippen LogP contribution is 2.31. The van der Waals surface area contributed by atoms with E-state index in [9.17, 15) is 9.59 Å². The van der Waals surface area contributed by atoms with Crippen molar-refractivity contribution < 1.29 is 23.8 Å². The summed E-state index contributed by atoms with van der Waals surface area (Å²) < 4.78 is 16.4. The molecule has 1 amide bonds. The minimum Gasteiger partial charge on any atom is -0.465 e. The Hall–Kier alpha value is -2.12. The molecule has 2 aliphatic rings. The van der Waals surface area contributed by atoms with Gasteiger partial charge in [-0.25, -0.2) is 9.59 Å². The van der Waals surface area contributed by atoms with Crippen LogP contribution < -0.4 is 5.32 Å². The van der Waals surface area contributed by atoms with Crippen LogP contribution in [0.25, 0.3) is 0 Å². The largest absolute Gasteiger partial charge is 0.465 e. The molecule has 0 saturated carbocycles. The van der Waals surface area contributed by atoms with E-state index in [0.717, 1.165) is 12.0 Å². The molecule has 2 fully saturated rings. The van der Waals surface area contributed by atoms with Crippen LogP contribution in [0.2, 0.25) is 0 Å². The first-order valence-electron chi connectivity index (χ1n) is 9.25. The number of morpholine rings is 1. The van der Waals surface area contributed by atoms with Crippen LogP contribution in [0, 0.1) is 0 Å².